The molecular formula is C23H26ClN3O2. The SMILES string of the molecule is COc1cncc(-n2cc(Cl)c3cc(C(=O)CC4CCCCCCC4)cnc32)c1. The Morgan fingerprint density at radius 2 is 1.90 bits per heavy atom. The molecule has 29 heavy (non-hydrogen) atoms. The zero-order valence-electron chi connectivity index (χ0n) is 16.7. The summed E-state index contributed by atoms with van der Waals surface area (Å²) in [6.07, 6.45) is 16.2. The lowest BCUT2D eigenvalue weighted by molar-refractivity contribution is 0.0953. The van der Waals surface area contributed by atoms with Crippen LogP contribution in [0.4, 0.5) is 0 Å². The van der Waals surface area contributed by atoms with Crippen LogP contribution in [-0.2, 0) is 0 Å². The molecule has 0 atom stereocenters. The number of ether oxygens (including phenoxy) is 1. The van der Waals surface area contributed by atoms with Gasteiger partial charge in [-0.15, -0.1) is 0 Å². The van der Waals surface area contributed by atoms with Crippen LogP contribution in [0.2, 0.25) is 5.02 Å². The summed E-state index contributed by atoms with van der Waals surface area (Å²) in [6.45, 7) is 0. The monoisotopic (exact) mass is 411 g/mol. The number of ketones is 1. The standard InChI is InChI=1S/C23H26ClN3O2/c1-29-19-11-18(13-25-14-19)27-15-21(24)20-10-17(12-26-23(20)27)22(28)9-16-7-5-3-2-4-6-8-16/h10-16H,2-9H2,1H3. The van der Waals surface area contributed by atoms with E-state index in [-0.39, 0.29) is 5.78 Å². The molecule has 1 saturated carbocycles. The molecule has 3 aromatic rings. The van der Waals surface area contributed by atoms with Crippen LogP contribution in [0.15, 0.2) is 36.9 Å². The fourth-order valence-corrected chi connectivity index (χ4v) is 4.43. The van der Waals surface area contributed by atoms with Gasteiger partial charge >= 0.3 is 0 Å². The van der Waals surface area contributed by atoms with E-state index in [0.717, 1.165) is 23.9 Å². The van der Waals surface area contributed by atoms with E-state index in [1.165, 1.54) is 32.1 Å². The molecule has 0 radical (unpaired) electrons. The molecule has 3 heterocycles. The Morgan fingerprint density at radius 3 is 2.66 bits per heavy atom. The first-order valence-electron chi connectivity index (χ1n) is 10.3. The second-order valence-electron chi connectivity index (χ2n) is 7.86. The van der Waals surface area contributed by atoms with E-state index in [1.807, 2.05) is 16.7 Å². The van der Waals surface area contributed by atoms with Crippen molar-refractivity contribution in [3.8, 4) is 11.4 Å². The second-order valence-corrected chi connectivity index (χ2v) is 8.27. The highest BCUT2D eigenvalue weighted by Gasteiger charge is 2.19. The first-order chi connectivity index (χ1) is 14.2. The first kappa shape index (κ1) is 19.9. The molecule has 1 aliphatic rings. The topological polar surface area (TPSA) is 57.0 Å². The highest BCUT2D eigenvalue weighted by molar-refractivity contribution is 6.35. The molecule has 1 fully saturated rings. The van der Waals surface area contributed by atoms with E-state index in [2.05, 4.69) is 9.97 Å². The molecule has 0 saturated heterocycles. The molecule has 6 heteroatoms. The quantitative estimate of drug-likeness (QED) is 0.482. The van der Waals surface area contributed by atoms with E-state index in [1.54, 1.807) is 31.9 Å². The zero-order valence-corrected chi connectivity index (χ0v) is 17.5. The van der Waals surface area contributed by atoms with Crippen LogP contribution in [-0.4, -0.2) is 27.4 Å². The summed E-state index contributed by atoms with van der Waals surface area (Å²) in [6, 6.07) is 3.75. The highest BCUT2D eigenvalue weighted by atomic mass is 35.5. The highest BCUT2D eigenvalue weighted by Crippen LogP contribution is 2.30. The number of hydrogen-bond donors (Lipinski definition) is 0. The van der Waals surface area contributed by atoms with Crippen LogP contribution in [0.1, 0.15) is 61.7 Å². The van der Waals surface area contributed by atoms with Gasteiger partial charge < -0.3 is 4.74 Å². The number of Topliss-reactive ketones (excluding diaryl/α,β-unsaturated/α-hetero) is 1. The Hall–Kier alpha value is -2.40. The molecule has 3 aromatic heterocycles. The minimum absolute atomic E-state index is 0.164. The van der Waals surface area contributed by atoms with Crippen molar-refractivity contribution in [2.75, 3.05) is 7.11 Å². The number of fused-ring (bicyclic) bond motifs is 1. The molecule has 4 rings (SSSR count). The lowest BCUT2D eigenvalue weighted by Gasteiger charge is -2.18. The van der Waals surface area contributed by atoms with Gasteiger partial charge in [-0.3, -0.25) is 14.3 Å². The van der Waals surface area contributed by atoms with Crippen LogP contribution in [0.5, 0.6) is 5.75 Å². The summed E-state index contributed by atoms with van der Waals surface area (Å²) < 4.78 is 7.13. The van der Waals surface area contributed by atoms with Crippen molar-refractivity contribution in [2.45, 2.75) is 51.4 Å². The average molecular weight is 412 g/mol. The van der Waals surface area contributed by atoms with Crippen LogP contribution >= 0.6 is 11.6 Å². The summed E-state index contributed by atoms with van der Waals surface area (Å²) in [7, 11) is 1.60. The summed E-state index contributed by atoms with van der Waals surface area (Å²) in [5.41, 5.74) is 2.15. The predicted octanol–water partition coefficient (Wildman–Crippen LogP) is 6.02. The first-order valence-corrected chi connectivity index (χ1v) is 10.7. The van der Waals surface area contributed by atoms with Gasteiger partial charge in [-0.1, -0.05) is 56.5 Å². The van der Waals surface area contributed by atoms with Crippen molar-refractivity contribution in [1.29, 1.82) is 0 Å². The number of pyridine rings is 2. The van der Waals surface area contributed by atoms with Gasteiger partial charge in [0.05, 0.1) is 30.2 Å². The summed E-state index contributed by atoms with van der Waals surface area (Å²) in [5.74, 6) is 1.31. The van der Waals surface area contributed by atoms with Gasteiger partial charge in [0.2, 0.25) is 0 Å². The van der Waals surface area contributed by atoms with E-state index in [4.69, 9.17) is 16.3 Å². The molecule has 0 aromatic carbocycles. The van der Waals surface area contributed by atoms with Crippen LogP contribution in [0.3, 0.4) is 0 Å². The number of rotatable bonds is 5. The Bertz CT molecular complexity index is 1010. The normalized spacial score (nSPS) is 15.8. The predicted molar refractivity (Wildman–Crippen MR) is 115 cm³/mol. The Labute approximate surface area is 176 Å². The van der Waals surface area contributed by atoms with Gasteiger partial charge in [-0.05, 0) is 12.0 Å². The lowest BCUT2D eigenvalue weighted by atomic mass is 9.86. The fourth-order valence-electron chi connectivity index (χ4n) is 4.19. The molecule has 0 amide bonds. The molecule has 0 unspecified atom stereocenters. The maximum Gasteiger partial charge on any atom is 0.164 e. The molecule has 1 aliphatic carbocycles. The molecule has 0 N–H and O–H groups in total. The third-order valence-corrected chi connectivity index (χ3v) is 6.13. The zero-order chi connectivity index (χ0) is 20.2. The third kappa shape index (κ3) is 4.45. The number of carbonyl (C=O) groups excluding carboxylic acids is 1. The minimum Gasteiger partial charge on any atom is -0.495 e. The molecule has 0 spiro atoms. The molecule has 0 aliphatic heterocycles. The fraction of sp³-hybridized carbons (Fsp3) is 0.435. The van der Waals surface area contributed by atoms with Crippen LogP contribution in [0.25, 0.3) is 16.7 Å². The maximum absolute atomic E-state index is 12.9. The van der Waals surface area contributed by atoms with Crippen molar-refractivity contribution in [1.82, 2.24) is 14.5 Å². The molecular weight excluding hydrogens is 386 g/mol. The number of aromatic nitrogens is 3. The van der Waals surface area contributed by atoms with Crippen LogP contribution in [0, 0.1) is 5.92 Å². The Kier molecular flexibility index (Phi) is 6.14. The Balaban J connectivity index is 1.59. The summed E-state index contributed by atoms with van der Waals surface area (Å²) in [4.78, 5) is 21.7. The van der Waals surface area contributed by atoms with Gasteiger partial charge in [0.15, 0.2) is 5.78 Å². The largest absolute Gasteiger partial charge is 0.495 e. The summed E-state index contributed by atoms with van der Waals surface area (Å²) >= 11 is 6.49. The van der Waals surface area contributed by atoms with Crippen LogP contribution < -0.4 is 4.74 Å². The summed E-state index contributed by atoms with van der Waals surface area (Å²) in [5, 5.41) is 1.34. The van der Waals surface area contributed by atoms with Gasteiger partial charge in [0, 0.05) is 35.8 Å². The maximum atomic E-state index is 12.9. The number of carbonyl (C=O) groups is 1. The molecule has 152 valence electrons. The van der Waals surface area contributed by atoms with E-state index >= 15 is 0 Å². The number of nitrogens with zero attached hydrogens (tertiary/aromatic N) is 3. The van der Waals surface area contributed by atoms with Crippen molar-refractivity contribution in [2.24, 2.45) is 5.92 Å². The lowest BCUT2D eigenvalue weighted by Crippen LogP contribution is -2.11. The van der Waals surface area contributed by atoms with Gasteiger partial charge in [0.25, 0.3) is 0 Å². The van der Waals surface area contributed by atoms with Gasteiger partial charge in [0.1, 0.15) is 11.4 Å². The van der Waals surface area contributed by atoms with Crippen molar-refractivity contribution < 1.29 is 9.53 Å². The van der Waals surface area contributed by atoms with E-state index < -0.39 is 0 Å². The average Bonchev–Trinajstić information content (AvgIpc) is 3.06. The second kappa shape index (κ2) is 8.95. The number of methoxy groups -OCH3 is 1. The minimum atomic E-state index is 0.164. The number of hydrogen-bond acceptors (Lipinski definition) is 4. The molecule has 5 nitrogen and oxygen atoms in total. The third-order valence-electron chi connectivity index (χ3n) is 5.83. The van der Waals surface area contributed by atoms with Crippen molar-refractivity contribution in [3.63, 3.8) is 0 Å². The molecule has 0 bridgehead atoms. The van der Waals surface area contributed by atoms with Crippen molar-refractivity contribution >= 4 is 28.4 Å². The smallest absolute Gasteiger partial charge is 0.164 e. The van der Waals surface area contributed by atoms with Gasteiger partial charge in [-0.25, -0.2) is 4.98 Å². The Morgan fingerprint density at radius 1 is 1.14 bits per heavy atom. The number of halogens is 1. The van der Waals surface area contributed by atoms with E-state index in [9.17, 15) is 4.79 Å². The van der Waals surface area contributed by atoms with Crippen molar-refractivity contribution in [3.05, 3.63) is 47.5 Å². The van der Waals surface area contributed by atoms with Gasteiger partial charge in [-0.2, -0.15) is 0 Å². The van der Waals surface area contributed by atoms with E-state index in [0.29, 0.717) is 34.3 Å².